The number of amides is 1. The van der Waals surface area contributed by atoms with Gasteiger partial charge in [-0.15, -0.1) is 0 Å². The van der Waals surface area contributed by atoms with Gasteiger partial charge in [-0.05, 0) is 35.9 Å². The zero-order chi connectivity index (χ0) is 20.9. The Balaban J connectivity index is 1.50. The molecule has 2 N–H and O–H groups in total. The van der Waals surface area contributed by atoms with Crippen LogP contribution in [0.3, 0.4) is 0 Å². The van der Waals surface area contributed by atoms with Gasteiger partial charge in [0.15, 0.2) is 16.7 Å². The number of aromatic amines is 1. The van der Waals surface area contributed by atoms with Crippen LogP contribution in [-0.4, -0.2) is 30.1 Å². The number of hydrogen-bond acceptors (Lipinski definition) is 5. The second-order valence-electron chi connectivity index (χ2n) is 6.53. The standard InChI is InChI=1S/C23H21N3O3S/c1-28-20-12-11-16(13-21(20)29-2)24-22(27)17-8-4-3-7-15(17)14-30-23-25-18-9-5-6-10-19(18)26-23/h3-13H,14H2,1-2H3,(H,24,27)(H,25,26). The number of carbonyl (C=O) groups excluding carboxylic acids is 1. The molecule has 0 fully saturated rings. The fraction of sp³-hybridized carbons (Fsp3) is 0.130. The number of thioether (sulfide) groups is 1. The van der Waals surface area contributed by atoms with Gasteiger partial charge in [0.05, 0.1) is 25.3 Å². The number of anilines is 1. The lowest BCUT2D eigenvalue weighted by Gasteiger charge is -2.12. The van der Waals surface area contributed by atoms with Crippen LogP contribution >= 0.6 is 11.8 Å². The molecule has 0 unspecified atom stereocenters. The molecular formula is C23H21N3O3S. The summed E-state index contributed by atoms with van der Waals surface area (Å²) in [6.07, 6.45) is 0. The molecule has 7 heteroatoms. The van der Waals surface area contributed by atoms with E-state index >= 15 is 0 Å². The van der Waals surface area contributed by atoms with Gasteiger partial charge >= 0.3 is 0 Å². The van der Waals surface area contributed by atoms with Crippen molar-refractivity contribution >= 4 is 34.4 Å². The summed E-state index contributed by atoms with van der Waals surface area (Å²) in [5.74, 6) is 1.61. The maximum atomic E-state index is 12.9. The lowest BCUT2D eigenvalue weighted by Crippen LogP contribution is -2.14. The first-order valence-electron chi connectivity index (χ1n) is 9.37. The van der Waals surface area contributed by atoms with Crippen molar-refractivity contribution in [3.63, 3.8) is 0 Å². The first kappa shape index (κ1) is 19.8. The summed E-state index contributed by atoms with van der Waals surface area (Å²) in [7, 11) is 3.14. The molecular weight excluding hydrogens is 398 g/mol. The van der Waals surface area contributed by atoms with Gasteiger partial charge in [0.1, 0.15) is 0 Å². The Hall–Kier alpha value is -3.45. The largest absolute Gasteiger partial charge is 0.493 e. The summed E-state index contributed by atoms with van der Waals surface area (Å²) < 4.78 is 10.6. The van der Waals surface area contributed by atoms with E-state index in [0.29, 0.717) is 28.5 Å². The highest BCUT2D eigenvalue weighted by Crippen LogP contribution is 2.30. The molecule has 152 valence electrons. The summed E-state index contributed by atoms with van der Waals surface area (Å²) >= 11 is 1.56. The van der Waals surface area contributed by atoms with E-state index in [1.165, 1.54) is 0 Å². The zero-order valence-electron chi connectivity index (χ0n) is 16.6. The van der Waals surface area contributed by atoms with Crippen LogP contribution in [0.5, 0.6) is 11.5 Å². The zero-order valence-corrected chi connectivity index (χ0v) is 17.5. The van der Waals surface area contributed by atoms with Gasteiger partial charge in [-0.2, -0.15) is 0 Å². The SMILES string of the molecule is COc1ccc(NC(=O)c2ccccc2CSc2nc3ccccc3[nH]2)cc1OC. The minimum atomic E-state index is -0.178. The van der Waals surface area contributed by atoms with Crippen molar-refractivity contribution in [2.45, 2.75) is 10.9 Å². The Labute approximate surface area is 178 Å². The lowest BCUT2D eigenvalue weighted by molar-refractivity contribution is 0.102. The van der Waals surface area contributed by atoms with E-state index in [4.69, 9.17) is 9.47 Å². The van der Waals surface area contributed by atoms with E-state index in [1.54, 1.807) is 44.2 Å². The van der Waals surface area contributed by atoms with Gasteiger partial charge in [-0.25, -0.2) is 4.98 Å². The molecule has 0 spiro atoms. The molecule has 0 radical (unpaired) electrons. The molecule has 3 aromatic carbocycles. The van der Waals surface area contributed by atoms with Crippen LogP contribution in [0.2, 0.25) is 0 Å². The van der Waals surface area contributed by atoms with Crippen molar-refractivity contribution in [3.8, 4) is 11.5 Å². The second kappa shape index (κ2) is 8.92. The number of methoxy groups -OCH3 is 2. The van der Waals surface area contributed by atoms with Gasteiger partial charge in [-0.3, -0.25) is 4.79 Å². The molecule has 0 aliphatic rings. The van der Waals surface area contributed by atoms with Crippen molar-refractivity contribution < 1.29 is 14.3 Å². The smallest absolute Gasteiger partial charge is 0.255 e. The number of fused-ring (bicyclic) bond motifs is 1. The fourth-order valence-electron chi connectivity index (χ4n) is 3.12. The molecule has 1 heterocycles. The summed E-state index contributed by atoms with van der Waals surface area (Å²) in [5.41, 5.74) is 4.12. The third-order valence-corrected chi connectivity index (χ3v) is 5.56. The van der Waals surface area contributed by atoms with E-state index < -0.39 is 0 Å². The molecule has 4 rings (SSSR count). The molecule has 0 aliphatic carbocycles. The molecule has 1 aromatic heterocycles. The Kier molecular flexibility index (Phi) is 5.90. The number of rotatable bonds is 7. The van der Waals surface area contributed by atoms with Gasteiger partial charge in [0.2, 0.25) is 0 Å². The normalized spacial score (nSPS) is 10.7. The molecule has 1 amide bonds. The van der Waals surface area contributed by atoms with Gasteiger partial charge in [-0.1, -0.05) is 42.1 Å². The highest BCUT2D eigenvalue weighted by atomic mass is 32.2. The van der Waals surface area contributed by atoms with Crippen LogP contribution in [-0.2, 0) is 5.75 Å². The Bertz CT molecular complexity index is 1160. The highest BCUT2D eigenvalue weighted by molar-refractivity contribution is 7.98. The predicted molar refractivity (Wildman–Crippen MR) is 120 cm³/mol. The average molecular weight is 420 g/mol. The molecule has 0 saturated carbocycles. The first-order valence-corrected chi connectivity index (χ1v) is 10.4. The number of aromatic nitrogens is 2. The number of H-pyrrole nitrogens is 1. The van der Waals surface area contributed by atoms with Crippen molar-refractivity contribution in [2.24, 2.45) is 0 Å². The summed E-state index contributed by atoms with van der Waals surface area (Å²) in [6.45, 7) is 0. The van der Waals surface area contributed by atoms with E-state index in [0.717, 1.165) is 21.8 Å². The van der Waals surface area contributed by atoms with E-state index in [2.05, 4.69) is 15.3 Å². The number of hydrogen-bond donors (Lipinski definition) is 2. The van der Waals surface area contributed by atoms with Gasteiger partial charge in [0, 0.05) is 23.1 Å². The number of para-hydroxylation sites is 2. The highest BCUT2D eigenvalue weighted by Gasteiger charge is 2.14. The quantitative estimate of drug-likeness (QED) is 0.407. The molecule has 30 heavy (non-hydrogen) atoms. The molecule has 4 aromatic rings. The number of ether oxygens (including phenoxy) is 2. The van der Waals surface area contributed by atoms with E-state index in [9.17, 15) is 4.79 Å². The molecule has 6 nitrogen and oxygen atoms in total. The third kappa shape index (κ3) is 4.26. The Morgan fingerprint density at radius 1 is 1.00 bits per heavy atom. The van der Waals surface area contributed by atoms with Crippen LogP contribution in [0, 0.1) is 0 Å². The maximum Gasteiger partial charge on any atom is 0.255 e. The van der Waals surface area contributed by atoms with Crippen molar-refractivity contribution in [3.05, 3.63) is 77.9 Å². The lowest BCUT2D eigenvalue weighted by atomic mass is 10.1. The van der Waals surface area contributed by atoms with Crippen LogP contribution < -0.4 is 14.8 Å². The van der Waals surface area contributed by atoms with E-state index in [-0.39, 0.29) is 5.91 Å². The molecule has 0 atom stereocenters. The number of nitrogens with zero attached hydrogens (tertiary/aromatic N) is 1. The van der Waals surface area contributed by atoms with Crippen molar-refractivity contribution in [1.82, 2.24) is 9.97 Å². The number of carbonyl (C=O) groups is 1. The van der Waals surface area contributed by atoms with Crippen molar-refractivity contribution in [2.75, 3.05) is 19.5 Å². The molecule has 0 aliphatic heterocycles. The molecule has 0 bridgehead atoms. The van der Waals surface area contributed by atoms with Crippen molar-refractivity contribution in [1.29, 1.82) is 0 Å². The Morgan fingerprint density at radius 3 is 2.57 bits per heavy atom. The maximum absolute atomic E-state index is 12.9. The average Bonchev–Trinajstić information content (AvgIpc) is 3.20. The third-order valence-electron chi connectivity index (χ3n) is 4.64. The second-order valence-corrected chi connectivity index (χ2v) is 7.49. The van der Waals surface area contributed by atoms with Crippen LogP contribution in [0.1, 0.15) is 15.9 Å². The predicted octanol–water partition coefficient (Wildman–Crippen LogP) is 5.12. The van der Waals surface area contributed by atoms with E-state index in [1.807, 2.05) is 48.5 Å². The monoisotopic (exact) mass is 419 g/mol. The Morgan fingerprint density at radius 2 is 1.77 bits per heavy atom. The van der Waals surface area contributed by atoms with Crippen LogP contribution in [0.15, 0.2) is 71.9 Å². The number of imidazole rings is 1. The minimum absolute atomic E-state index is 0.178. The minimum Gasteiger partial charge on any atom is -0.493 e. The summed E-state index contributed by atoms with van der Waals surface area (Å²) in [4.78, 5) is 20.8. The van der Waals surface area contributed by atoms with Crippen LogP contribution in [0.25, 0.3) is 11.0 Å². The first-order chi connectivity index (χ1) is 14.7. The van der Waals surface area contributed by atoms with Gasteiger partial charge < -0.3 is 19.8 Å². The number of benzene rings is 3. The topological polar surface area (TPSA) is 76.2 Å². The summed E-state index contributed by atoms with van der Waals surface area (Å²) in [5, 5.41) is 3.76. The van der Waals surface area contributed by atoms with Crippen LogP contribution in [0.4, 0.5) is 5.69 Å². The fourth-order valence-corrected chi connectivity index (χ4v) is 4.01. The number of nitrogens with one attached hydrogen (secondary N) is 2. The summed E-state index contributed by atoms with van der Waals surface area (Å²) in [6, 6.07) is 20.8. The molecule has 0 saturated heterocycles. The van der Waals surface area contributed by atoms with Gasteiger partial charge in [0.25, 0.3) is 5.91 Å².